The molecule has 0 aliphatic rings. The SMILES string of the molecule is CCN(CC)Cc1cccc(NC(=O)C(C)(C)CN)c1.Cl.Cl. The maximum atomic E-state index is 12.1. The van der Waals surface area contributed by atoms with Gasteiger partial charge in [-0.2, -0.15) is 0 Å². The predicted molar refractivity (Wildman–Crippen MR) is 99.0 cm³/mol. The predicted octanol–water partition coefficient (Wildman–Crippen LogP) is 3.30. The van der Waals surface area contributed by atoms with Gasteiger partial charge in [0.25, 0.3) is 0 Å². The van der Waals surface area contributed by atoms with Crippen LogP contribution < -0.4 is 11.1 Å². The number of benzene rings is 1. The third-order valence-corrected chi connectivity index (χ3v) is 3.61. The highest BCUT2D eigenvalue weighted by atomic mass is 35.5. The number of nitrogens with zero attached hydrogens (tertiary/aromatic N) is 1. The second kappa shape index (κ2) is 10.8. The van der Waals surface area contributed by atoms with Crippen LogP contribution in [0.25, 0.3) is 0 Å². The van der Waals surface area contributed by atoms with Crippen LogP contribution in [-0.2, 0) is 11.3 Å². The Labute approximate surface area is 146 Å². The summed E-state index contributed by atoms with van der Waals surface area (Å²) >= 11 is 0. The number of carbonyl (C=O) groups excluding carboxylic acids is 1. The average molecular weight is 350 g/mol. The molecule has 1 amide bonds. The van der Waals surface area contributed by atoms with Crippen LogP contribution in [0.15, 0.2) is 24.3 Å². The molecule has 0 radical (unpaired) electrons. The standard InChI is InChI=1S/C16H27N3O.2ClH/c1-5-19(6-2)11-13-8-7-9-14(10-13)18-15(20)16(3,4)12-17;;/h7-10H,5-6,11-12,17H2,1-4H3,(H,18,20);2*1H. The van der Waals surface area contributed by atoms with E-state index in [2.05, 4.69) is 30.1 Å². The van der Waals surface area contributed by atoms with Gasteiger partial charge in [0.1, 0.15) is 0 Å². The second-order valence-corrected chi connectivity index (χ2v) is 5.70. The lowest BCUT2D eigenvalue weighted by Gasteiger charge is -2.22. The van der Waals surface area contributed by atoms with Crippen LogP contribution in [0.5, 0.6) is 0 Å². The van der Waals surface area contributed by atoms with Crippen LogP contribution in [0, 0.1) is 5.41 Å². The van der Waals surface area contributed by atoms with E-state index in [4.69, 9.17) is 5.73 Å². The first-order valence-corrected chi connectivity index (χ1v) is 7.25. The van der Waals surface area contributed by atoms with Gasteiger partial charge in [-0.15, -0.1) is 24.8 Å². The van der Waals surface area contributed by atoms with Crippen molar-refractivity contribution in [3.63, 3.8) is 0 Å². The van der Waals surface area contributed by atoms with E-state index in [1.54, 1.807) is 0 Å². The molecule has 6 heteroatoms. The van der Waals surface area contributed by atoms with E-state index in [1.165, 1.54) is 5.56 Å². The molecule has 0 spiro atoms. The van der Waals surface area contributed by atoms with Crippen molar-refractivity contribution >= 4 is 36.4 Å². The fourth-order valence-corrected chi connectivity index (χ4v) is 1.85. The van der Waals surface area contributed by atoms with Gasteiger partial charge in [-0.1, -0.05) is 26.0 Å². The summed E-state index contributed by atoms with van der Waals surface area (Å²) in [4.78, 5) is 14.4. The van der Waals surface area contributed by atoms with E-state index in [0.29, 0.717) is 6.54 Å². The molecule has 1 aromatic rings. The first kappa shape index (κ1) is 23.5. The number of anilines is 1. The molecule has 0 aliphatic carbocycles. The van der Waals surface area contributed by atoms with Crippen LogP contribution >= 0.6 is 24.8 Å². The van der Waals surface area contributed by atoms with Gasteiger partial charge in [0, 0.05) is 18.8 Å². The summed E-state index contributed by atoms with van der Waals surface area (Å²) in [6.07, 6.45) is 0. The zero-order chi connectivity index (χ0) is 15.2. The second-order valence-electron chi connectivity index (χ2n) is 5.70. The number of halogens is 2. The molecule has 3 N–H and O–H groups in total. The lowest BCUT2D eigenvalue weighted by molar-refractivity contribution is -0.123. The Morgan fingerprint density at radius 3 is 2.32 bits per heavy atom. The fraction of sp³-hybridized carbons (Fsp3) is 0.562. The Morgan fingerprint density at radius 2 is 1.82 bits per heavy atom. The van der Waals surface area contributed by atoms with E-state index >= 15 is 0 Å². The topological polar surface area (TPSA) is 58.4 Å². The quantitative estimate of drug-likeness (QED) is 0.793. The van der Waals surface area contributed by atoms with Crippen LogP contribution in [0.4, 0.5) is 5.69 Å². The largest absolute Gasteiger partial charge is 0.329 e. The maximum Gasteiger partial charge on any atom is 0.231 e. The van der Waals surface area contributed by atoms with Crippen molar-refractivity contribution in [1.29, 1.82) is 0 Å². The third kappa shape index (κ3) is 6.97. The highest BCUT2D eigenvalue weighted by Crippen LogP contribution is 2.18. The van der Waals surface area contributed by atoms with E-state index in [0.717, 1.165) is 25.3 Å². The minimum atomic E-state index is -0.547. The summed E-state index contributed by atoms with van der Waals surface area (Å²) in [5.74, 6) is -0.0417. The Morgan fingerprint density at radius 1 is 1.23 bits per heavy atom. The van der Waals surface area contributed by atoms with Gasteiger partial charge >= 0.3 is 0 Å². The maximum absolute atomic E-state index is 12.1. The van der Waals surface area contributed by atoms with Crippen LogP contribution in [0.2, 0.25) is 0 Å². The van der Waals surface area contributed by atoms with Gasteiger partial charge in [0.2, 0.25) is 5.91 Å². The molecular weight excluding hydrogens is 321 g/mol. The minimum absolute atomic E-state index is 0. The summed E-state index contributed by atoms with van der Waals surface area (Å²) in [6, 6.07) is 8.00. The summed E-state index contributed by atoms with van der Waals surface area (Å²) < 4.78 is 0. The lowest BCUT2D eigenvalue weighted by Crippen LogP contribution is -2.37. The zero-order valence-corrected chi connectivity index (χ0v) is 15.5. The molecule has 128 valence electrons. The molecule has 0 heterocycles. The van der Waals surface area contributed by atoms with E-state index in [1.807, 2.05) is 32.0 Å². The average Bonchev–Trinajstić information content (AvgIpc) is 2.45. The summed E-state index contributed by atoms with van der Waals surface area (Å²) in [7, 11) is 0. The molecule has 0 atom stereocenters. The molecule has 1 aromatic carbocycles. The molecule has 0 aliphatic heterocycles. The summed E-state index contributed by atoms with van der Waals surface area (Å²) in [5, 5.41) is 2.95. The normalized spacial score (nSPS) is 10.6. The van der Waals surface area contributed by atoms with Crippen molar-refractivity contribution < 1.29 is 4.79 Å². The first-order chi connectivity index (χ1) is 9.42. The summed E-state index contributed by atoms with van der Waals surface area (Å²) in [5.41, 5.74) is 7.12. The van der Waals surface area contributed by atoms with Crippen molar-refractivity contribution in [2.75, 3.05) is 25.0 Å². The van der Waals surface area contributed by atoms with Crippen LogP contribution in [0.3, 0.4) is 0 Å². The third-order valence-electron chi connectivity index (χ3n) is 3.61. The minimum Gasteiger partial charge on any atom is -0.329 e. The Kier molecular flexibility index (Phi) is 11.6. The number of hydrogen-bond acceptors (Lipinski definition) is 3. The number of rotatable bonds is 7. The number of hydrogen-bond donors (Lipinski definition) is 2. The molecule has 0 saturated heterocycles. The van der Waals surface area contributed by atoms with Crippen LogP contribution in [0.1, 0.15) is 33.3 Å². The number of carbonyl (C=O) groups is 1. The number of nitrogens with one attached hydrogen (secondary N) is 1. The van der Waals surface area contributed by atoms with Gasteiger partial charge < -0.3 is 11.1 Å². The van der Waals surface area contributed by atoms with Gasteiger partial charge in [-0.05, 0) is 44.6 Å². The molecule has 0 saturated carbocycles. The molecular formula is C16H29Cl2N3O. The van der Waals surface area contributed by atoms with Crippen molar-refractivity contribution in [3.05, 3.63) is 29.8 Å². The van der Waals surface area contributed by atoms with Crippen molar-refractivity contribution in [2.45, 2.75) is 34.2 Å². The highest BCUT2D eigenvalue weighted by Gasteiger charge is 2.25. The van der Waals surface area contributed by atoms with Crippen molar-refractivity contribution in [1.82, 2.24) is 4.90 Å². The lowest BCUT2D eigenvalue weighted by atomic mass is 9.92. The monoisotopic (exact) mass is 349 g/mol. The number of amides is 1. The Balaban J connectivity index is 0. The Hall–Kier alpha value is -0.810. The van der Waals surface area contributed by atoms with Crippen molar-refractivity contribution in [2.24, 2.45) is 11.1 Å². The van der Waals surface area contributed by atoms with Gasteiger partial charge in [-0.25, -0.2) is 0 Å². The van der Waals surface area contributed by atoms with Gasteiger partial charge in [0.15, 0.2) is 0 Å². The smallest absolute Gasteiger partial charge is 0.231 e. The molecule has 0 unspecified atom stereocenters. The van der Waals surface area contributed by atoms with E-state index < -0.39 is 5.41 Å². The Bertz CT molecular complexity index is 449. The van der Waals surface area contributed by atoms with E-state index in [9.17, 15) is 4.79 Å². The molecule has 0 bridgehead atoms. The van der Waals surface area contributed by atoms with E-state index in [-0.39, 0.29) is 30.7 Å². The molecule has 0 fully saturated rings. The first-order valence-electron chi connectivity index (χ1n) is 7.25. The molecule has 1 rings (SSSR count). The van der Waals surface area contributed by atoms with Crippen molar-refractivity contribution in [3.8, 4) is 0 Å². The van der Waals surface area contributed by atoms with Crippen LogP contribution in [-0.4, -0.2) is 30.4 Å². The number of nitrogens with two attached hydrogens (primary N) is 1. The van der Waals surface area contributed by atoms with Gasteiger partial charge in [-0.3, -0.25) is 9.69 Å². The zero-order valence-electron chi connectivity index (χ0n) is 13.9. The highest BCUT2D eigenvalue weighted by molar-refractivity contribution is 5.95. The molecule has 4 nitrogen and oxygen atoms in total. The molecule has 0 aromatic heterocycles. The molecule has 22 heavy (non-hydrogen) atoms. The fourth-order valence-electron chi connectivity index (χ4n) is 1.85. The van der Waals surface area contributed by atoms with Gasteiger partial charge in [0.05, 0.1) is 5.41 Å². The summed E-state index contributed by atoms with van der Waals surface area (Å²) in [6.45, 7) is 11.3.